The molecule has 7 nitrogen and oxygen atoms in total. The van der Waals surface area contributed by atoms with Gasteiger partial charge in [-0.15, -0.1) is 0 Å². The molecule has 1 aromatic heterocycles. The summed E-state index contributed by atoms with van der Waals surface area (Å²) in [6, 6.07) is 6.03. The summed E-state index contributed by atoms with van der Waals surface area (Å²) in [4.78, 5) is 20.4. The maximum absolute atomic E-state index is 11.6. The Balaban J connectivity index is 1.60. The van der Waals surface area contributed by atoms with Crippen molar-refractivity contribution < 1.29 is 9.53 Å². The van der Waals surface area contributed by atoms with Gasteiger partial charge in [0.05, 0.1) is 12.1 Å². The van der Waals surface area contributed by atoms with Gasteiger partial charge in [-0.1, -0.05) is 6.07 Å². The smallest absolute Gasteiger partial charge is 0.246 e. The number of anilines is 3. The van der Waals surface area contributed by atoms with Crippen molar-refractivity contribution >= 4 is 23.4 Å². The number of hydrogen-bond acceptors (Lipinski definition) is 6. The third kappa shape index (κ3) is 2.56. The molecule has 0 saturated carbocycles. The number of benzene rings is 1. The van der Waals surface area contributed by atoms with Crippen molar-refractivity contribution in [3.63, 3.8) is 0 Å². The van der Waals surface area contributed by atoms with E-state index in [1.165, 1.54) is 5.56 Å². The molecule has 2 heterocycles. The number of fused-ring (bicyclic) bond motifs is 3. The van der Waals surface area contributed by atoms with Gasteiger partial charge in [-0.05, 0) is 30.2 Å². The number of carbonyl (C=O) groups is 1. The van der Waals surface area contributed by atoms with Gasteiger partial charge in [-0.25, -0.2) is 4.98 Å². The maximum atomic E-state index is 11.6. The lowest BCUT2D eigenvalue weighted by molar-refractivity contribution is -0.136. The average Bonchev–Trinajstić information content (AvgIpc) is 2.94. The third-order valence-electron chi connectivity index (χ3n) is 4.48. The van der Waals surface area contributed by atoms with Crippen LogP contribution in [0.2, 0.25) is 0 Å². The van der Waals surface area contributed by atoms with E-state index in [0.29, 0.717) is 5.95 Å². The van der Waals surface area contributed by atoms with E-state index in [9.17, 15) is 4.79 Å². The van der Waals surface area contributed by atoms with Gasteiger partial charge in [0.2, 0.25) is 11.9 Å². The zero-order chi connectivity index (χ0) is 16.7. The average molecular weight is 325 g/mol. The SMILES string of the molecule is CNc1nc(Nc2ccc3c(c2)[C@H]2NC(=O)CO[C@H]2C3)ncc1C. The Hall–Kier alpha value is -2.67. The van der Waals surface area contributed by atoms with Crippen LogP contribution in [0.4, 0.5) is 17.5 Å². The first-order chi connectivity index (χ1) is 11.6. The Morgan fingerprint density at radius 2 is 2.25 bits per heavy atom. The third-order valence-corrected chi connectivity index (χ3v) is 4.48. The van der Waals surface area contributed by atoms with E-state index in [1.54, 1.807) is 6.20 Å². The monoisotopic (exact) mass is 325 g/mol. The Kier molecular flexibility index (Phi) is 3.57. The summed E-state index contributed by atoms with van der Waals surface area (Å²) in [7, 11) is 1.83. The lowest BCUT2D eigenvalue weighted by atomic mass is 10.1. The van der Waals surface area contributed by atoms with Gasteiger partial charge in [0.1, 0.15) is 12.4 Å². The second-order valence-electron chi connectivity index (χ2n) is 6.11. The first-order valence-corrected chi connectivity index (χ1v) is 7.96. The van der Waals surface area contributed by atoms with Gasteiger partial charge in [-0.3, -0.25) is 4.79 Å². The van der Waals surface area contributed by atoms with Gasteiger partial charge in [-0.2, -0.15) is 4.98 Å². The van der Waals surface area contributed by atoms with Crippen molar-refractivity contribution in [2.75, 3.05) is 24.3 Å². The van der Waals surface area contributed by atoms with Crippen LogP contribution >= 0.6 is 0 Å². The summed E-state index contributed by atoms with van der Waals surface area (Å²) >= 11 is 0. The highest BCUT2D eigenvalue weighted by molar-refractivity contribution is 5.79. The number of nitrogens with zero attached hydrogens (tertiary/aromatic N) is 2. The number of carbonyl (C=O) groups excluding carboxylic acids is 1. The van der Waals surface area contributed by atoms with Crippen LogP contribution in [0, 0.1) is 6.92 Å². The Labute approximate surface area is 139 Å². The number of amides is 1. The summed E-state index contributed by atoms with van der Waals surface area (Å²) < 4.78 is 5.63. The fraction of sp³-hybridized carbons (Fsp3) is 0.353. The fourth-order valence-corrected chi connectivity index (χ4v) is 3.29. The molecule has 1 saturated heterocycles. The highest BCUT2D eigenvalue weighted by atomic mass is 16.5. The van der Waals surface area contributed by atoms with E-state index in [1.807, 2.05) is 26.1 Å². The van der Waals surface area contributed by atoms with E-state index in [4.69, 9.17) is 4.74 Å². The predicted molar refractivity (Wildman–Crippen MR) is 90.4 cm³/mol. The van der Waals surface area contributed by atoms with Crippen molar-refractivity contribution in [1.29, 1.82) is 0 Å². The summed E-state index contributed by atoms with van der Waals surface area (Å²) in [5.41, 5.74) is 4.18. The molecule has 0 radical (unpaired) electrons. The zero-order valence-electron chi connectivity index (χ0n) is 13.6. The molecule has 0 spiro atoms. The number of rotatable bonds is 3. The van der Waals surface area contributed by atoms with Crippen molar-refractivity contribution in [3.05, 3.63) is 41.1 Å². The molecule has 0 bridgehead atoms. The van der Waals surface area contributed by atoms with E-state index in [2.05, 4.69) is 32.0 Å². The van der Waals surface area contributed by atoms with Crippen molar-refractivity contribution in [2.24, 2.45) is 0 Å². The van der Waals surface area contributed by atoms with Crippen molar-refractivity contribution in [1.82, 2.24) is 15.3 Å². The molecule has 7 heteroatoms. The minimum absolute atomic E-state index is 0.0273. The lowest BCUT2D eigenvalue weighted by Gasteiger charge is -2.27. The highest BCUT2D eigenvalue weighted by Gasteiger charge is 2.37. The minimum Gasteiger partial charge on any atom is -0.373 e. The van der Waals surface area contributed by atoms with Crippen molar-refractivity contribution in [2.45, 2.75) is 25.5 Å². The van der Waals surface area contributed by atoms with Crippen LogP contribution in [0.5, 0.6) is 0 Å². The fourth-order valence-electron chi connectivity index (χ4n) is 3.29. The molecule has 4 rings (SSSR count). The van der Waals surface area contributed by atoms with E-state index >= 15 is 0 Å². The van der Waals surface area contributed by atoms with Crippen LogP contribution in [0.15, 0.2) is 24.4 Å². The summed E-state index contributed by atoms with van der Waals surface area (Å²) in [6.07, 6.45) is 2.63. The molecule has 1 fully saturated rings. The Morgan fingerprint density at radius 3 is 3.08 bits per heavy atom. The molecule has 0 unspecified atom stereocenters. The van der Waals surface area contributed by atoms with Crippen LogP contribution in [-0.2, 0) is 16.0 Å². The van der Waals surface area contributed by atoms with Crippen LogP contribution in [0.1, 0.15) is 22.7 Å². The zero-order valence-corrected chi connectivity index (χ0v) is 13.6. The standard InChI is InChI=1S/C17H19N5O2/c1-9-7-19-17(22-16(9)18-2)20-11-4-3-10-5-13-15(12(10)6-11)21-14(23)8-24-13/h3-4,6-7,13,15H,5,8H2,1-2H3,(H,21,23)(H2,18,19,20,22)/t13-,15+/m0/s1. The highest BCUT2D eigenvalue weighted by Crippen LogP contribution is 2.37. The largest absolute Gasteiger partial charge is 0.373 e. The van der Waals surface area contributed by atoms with Gasteiger partial charge in [0.25, 0.3) is 0 Å². The van der Waals surface area contributed by atoms with Gasteiger partial charge < -0.3 is 20.7 Å². The van der Waals surface area contributed by atoms with Crippen LogP contribution in [0.25, 0.3) is 0 Å². The molecular weight excluding hydrogens is 306 g/mol. The van der Waals surface area contributed by atoms with Crippen molar-refractivity contribution in [3.8, 4) is 0 Å². The van der Waals surface area contributed by atoms with Crippen LogP contribution in [-0.4, -0.2) is 35.6 Å². The number of aromatic nitrogens is 2. The lowest BCUT2D eigenvalue weighted by Crippen LogP contribution is -2.43. The second-order valence-corrected chi connectivity index (χ2v) is 6.11. The van der Waals surface area contributed by atoms with Gasteiger partial charge in [0, 0.05) is 30.9 Å². The Morgan fingerprint density at radius 1 is 1.38 bits per heavy atom. The predicted octanol–water partition coefficient (Wildman–Crippen LogP) is 1.68. The molecule has 24 heavy (non-hydrogen) atoms. The van der Waals surface area contributed by atoms with Gasteiger partial charge in [0.15, 0.2) is 0 Å². The maximum Gasteiger partial charge on any atom is 0.246 e. The molecule has 2 atom stereocenters. The molecule has 2 aromatic rings. The molecular formula is C17H19N5O2. The first-order valence-electron chi connectivity index (χ1n) is 7.96. The van der Waals surface area contributed by atoms with E-state index < -0.39 is 0 Å². The van der Waals surface area contributed by atoms with Crippen LogP contribution < -0.4 is 16.0 Å². The second kappa shape index (κ2) is 5.76. The molecule has 2 aliphatic rings. The van der Waals surface area contributed by atoms with E-state index in [0.717, 1.165) is 29.1 Å². The number of morpholine rings is 1. The molecule has 1 aromatic carbocycles. The van der Waals surface area contributed by atoms with Gasteiger partial charge >= 0.3 is 0 Å². The number of aryl methyl sites for hydroxylation is 1. The molecule has 124 valence electrons. The summed E-state index contributed by atoms with van der Waals surface area (Å²) in [5, 5.41) is 9.29. The summed E-state index contributed by atoms with van der Waals surface area (Å²) in [6.45, 7) is 2.10. The number of nitrogens with one attached hydrogen (secondary N) is 3. The minimum atomic E-state index is -0.0743. The Bertz CT molecular complexity index is 808. The number of ether oxygens (including phenoxy) is 1. The first kappa shape index (κ1) is 14.9. The van der Waals surface area contributed by atoms with E-state index in [-0.39, 0.29) is 24.7 Å². The molecule has 3 N–H and O–H groups in total. The summed E-state index contributed by atoms with van der Waals surface area (Å²) in [5.74, 6) is 1.26. The quantitative estimate of drug-likeness (QED) is 0.796. The molecule has 1 aliphatic heterocycles. The normalized spacial score (nSPS) is 21.7. The number of hydrogen-bond donors (Lipinski definition) is 3. The topological polar surface area (TPSA) is 88.2 Å². The van der Waals surface area contributed by atoms with Crippen LogP contribution in [0.3, 0.4) is 0 Å². The molecule has 1 amide bonds. The molecule has 1 aliphatic carbocycles.